The lowest BCUT2D eigenvalue weighted by molar-refractivity contribution is -0.146. The molecule has 0 saturated carbocycles. The zero-order chi connectivity index (χ0) is 13.0. The molecule has 0 aromatic heterocycles. The molecule has 1 unspecified atom stereocenters. The number of hydrogen-bond donors (Lipinski definition) is 2. The van der Waals surface area contributed by atoms with Gasteiger partial charge in [-0.15, -0.1) is 0 Å². The third-order valence-electron chi connectivity index (χ3n) is 2.80. The van der Waals surface area contributed by atoms with E-state index in [1.165, 1.54) is 0 Å². The van der Waals surface area contributed by atoms with Gasteiger partial charge in [0.25, 0.3) is 0 Å². The van der Waals surface area contributed by atoms with Crippen molar-refractivity contribution in [2.45, 2.75) is 12.5 Å². The lowest BCUT2D eigenvalue weighted by atomic mass is 9.96. The summed E-state index contributed by atoms with van der Waals surface area (Å²) in [5, 5.41) is 18.2. The van der Waals surface area contributed by atoms with Gasteiger partial charge in [0.2, 0.25) is 0 Å². The summed E-state index contributed by atoms with van der Waals surface area (Å²) >= 11 is 0. The van der Waals surface area contributed by atoms with Crippen LogP contribution in [0.1, 0.15) is 5.56 Å². The van der Waals surface area contributed by atoms with Crippen LogP contribution in [0.4, 0.5) is 0 Å². The van der Waals surface area contributed by atoms with Gasteiger partial charge in [0, 0.05) is 6.42 Å². The number of benzene rings is 2. The fraction of sp³-hybridized carbons (Fsp3) is 0.133. The maximum absolute atomic E-state index is 10.7. The fourth-order valence-electron chi connectivity index (χ4n) is 1.89. The zero-order valence-corrected chi connectivity index (χ0v) is 9.78. The van der Waals surface area contributed by atoms with Gasteiger partial charge in [-0.2, -0.15) is 0 Å². The van der Waals surface area contributed by atoms with Crippen molar-refractivity contribution in [3.63, 3.8) is 0 Å². The Hall–Kier alpha value is -2.13. The molecular weight excluding hydrogens is 228 g/mol. The molecule has 1 atom stereocenters. The second kappa shape index (κ2) is 5.47. The Morgan fingerprint density at radius 3 is 2.28 bits per heavy atom. The molecule has 3 nitrogen and oxygen atoms in total. The first-order valence-electron chi connectivity index (χ1n) is 5.72. The zero-order valence-electron chi connectivity index (χ0n) is 9.78. The third-order valence-corrected chi connectivity index (χ3v) is 2.80. The molecule has 0 spiro atoms. The van der Waals surface area contributed by atoms with Crippen molar-refractivity contribution in [1.82, 2.24) is 0 Å². The van der Waals surface area contributed by atoms with E-state index in [0.717, 1.165) is 16.7 Å². The van der Waals surface area contributed by atoms with Crippen LogP contribution >= 0.6 is 0 Å². The van der Waals surface area contributed by atoms with E-state index in [0.29, 0.717) is 0 Å². The van der Waals surface area contributed by atoms with Crippen LogP contribution in [0, 0.1) is 0 Å². The molecular formula is C15H14O3. The van der Waals surface area contributed by atoms with Crippen molar-refractivity contribution in [3.05, 3.63) is 60.2 Å². The number of rotatable bonds is 4. The first-order chi connectivity index (χ1) is 8.68. The average molecular weight is 242 g/mol. The third kappa shape index (κ3) is 2.76. The van der Waals surface area contributed by atoms with Crippen molar-refractivity contribution in [2.75, 3.05) is 0 Å². The number of carboxylic acid groups (broad SMARTS) is 1. The van der Waals surface area contributed by atoms with Gasteiger partial charge >= 0.3 is 5.97 Å². The molecule has 2 rings (SSSR count). The Balaban J connectivity index is 2.35. The van der Waals surface area contributed by atoms with Crippen molar-refractivity contribution >= 4 is 5.97 Å². The molecule has 0 aliphatic carbocycles. The smallest absolute Gasteiger partial charge is 0.332 e. The molecule has 2 N–H and O–H groups in total. The van der Waals surface area contributed by atoms with E-state index in [2.05, 4.69) is 0 Å². The summed E-state index contributed by atoms with van der Waals surface area (Å²) in [7, 11) is 0. The monoisotopic (exact) mass is 242 g/mol. The highest BCUT2D eigenvalue weighted by Gasteiger charge is 2.15. The SMILES string of the molecule is O=C(O)C(O)Cc1ccccc1-c1ccccc1. The van der Waals surface area contributed by atoms with Crippen LogP contribution in [0.25, 0.3) is 11.1 Å². The summed E-state index contributed by atoms with van der Waals surface area (Å²) in [6, 6.07) is 17.2. The topological polar surface area (TPSA) is 57.5 Å². The van der Waals surface area contributed by atoms with Crippen LogP contribution in [0.2, 0.25) is 0 Å². The van der Waals surface area contributed by atoms with Gasteiger partial charge in [-0.3, -0.25) is 0 Å². The summed E-state index contributed by atoms with van der Waals surface area (Å²) < 4.78 is 0. The van der Waals surface area contributed by atoms with Crippen molar-refractivity contribution in [2.24, 2.45) is 0 Å². The Kier molecular flexibility index (Phi) is 3.75. The Morgan fingerprint density at radius 1 is 1.00 bits per heavy atom. The molecule has 0 fully saturated rings. The van der Waals surface area contributed by atoms with Gasteiger partial charge in [0.15, 0.2) is 6.10 Å². The number of carboxylic acids is 1. The largest absolute Gasteiger partial charge is 0.479 e. The minimum absolute atomic E-state index is 0.112. The molecule has 0 aliphatic rings. The Labute approximate surface area is 105 Å². The lowest BCUT2D eigenvalue weighted by Gasteiger charge is -2.11. The van der Waals surface area contributed by atoms with Gasteiger partial charge in [-0.1, -0.05) is 54.6 Å². The highest BCUT2D eigenvalue weighted by molar-refractivity contribution is 5.74. The molecule has 0 saturated heterocycles. The highest BCUT2D eigenvalue weighted by atomic mass is 16.4. The van der Waals surface area contributed by atoms with Gasteiger partial charge < -0.3 is 10.2 Å². The molecule has 18 heavy (non-hydrogen) atoms. The quantitative estimate of drug-likeness (QED) is 0.865. The van der Waals surface area contributed by atoms with E-state index >= 15 is 0 Å². The molecule has 0 amide bonds. The Morgan fingerprint density at radius 2 is 1.61 bits per heavy atom. The summed E-state index contributed by atoms with van der Waals surface area (Å²) in [4.78, 5) is 10.7. The van der Waals surface area contributed by atoms with E-state index in [1.54, 1.807) is 0 Å². The number of aliphatic hydroxyl groups excluding tert-OH is 1. The standard InChI is InChI=1S/C15H14O3/c16-14(15(17)18)10-12-8-4-5-9-13(12)11-6-2-1-3-7-11/h1-9,14,16H,10H2,(H,17,18). The van der Waals surface area contributed by atoms with Crippen LogP contribution in [0.15, 0.2) is 54.6 Å². The summed E-state index contributed by atoms with van der Waals surface area (Å²) in [5.74, 6) is -1.20. The minimum Gasteiger partial charge on any atom is -0.479 e. The van der Waals surface area contributed by atoms with Crippen molar-refractivity contribution < 1.29 is 15.0 Å². The lowest BCUT2D eigenvalue weighted by Crippen LogP contribution is -2.22. The van der Waals surface area contributed by atoms with Gasteiger partial charge in [-0.05, 0) is 16.7 Å². The number of aliphatic hydroxyl groups is 1. The maximum Gasteiger partial charge on any atom is 0.332 e. The molecule has 0 heterocycles. The first kappa shape index (κ1) is 12.3. The second-order valence-electron chi connectivity index (χ2n) is 4.08. The van der Waals surface area contributed by atoms with Crippen LogP contribution in [-0.4, -0.2) is 22.3 Å². The Bertz CT molecular complexity index is 534. The van der Waals surface area contributed by atoms with E-state index in [1.807, 2.05) is 54.6 Å². The number of carbonyl (C=O) groups is 1. The number of aliphatic carboxylic acids is 1. The summed E-state index contributed by atoms with van der Waals surface area (Å²) in [6.45, 7) is 0. The van der Waals surface area contributed by atoms with E-state index in [9.17, 15) is 9.90 Å². The molecule has 0 radical (unpaired) electrons. The average Bonchev–Trinajstić information content (AvgIpc) is 2.40. The molecule has 3 heteroatoms. The summed E-state index contributed by atoms with van der Waals surface area (Å²) in [6.07, 6.45) is -1.25. The van der Waals surface area contributed by atoms with Gasteiger partial charge in [0.1, 0.15) is 0 Å². The van der Waals surface area contributed by atoms with Crippen molar-refractivity contribution in [1.29, 1.82) is 0 Å². The maximum atomic E-state index is 10.7. The van der Waals surface area contributed by atoms with E-state index in [-0.39, 0.29) is 6.42 Å². The minimum atomic E-state index is -1.37. The van der Waals surface area contributed by atoms with Crippen LogP contribution in [0.5, 0.6) is 0 Å². The highest BCUT2D eigenvalue weighted by Crippen LogP contribution is 2.24. The van der Waals surface area contributed by atoms with Crippen LogP contribution < -0.4 is 0 Å². The van der Waals surface area contributed by atoms with Gasteiger partial charge in [0.05, 0.1) is 0 Å². The van der Waals surface area contributed by atoms with E-state index < -0.39 is 12.1 Å². The molecule has 2 aromatic rings. The first-order valence-corrected chi connectivity index (χ1v) is 5.72. The molecule has 0 bridgehead atoms. The molecule has 2 aromatic carbocycles. The van der Waals surface area contributed by atoms with Crippen LogP contribution in [0.3, 0.4) is 0 Å². The second-order valence-corrected chi connectivity index (χ2v) is 4.08. The van der Waals surface area contributed by atoms with E-state index in [4.69, 9.17) is 5.11 Å². The number of hydrogen-bond acceptors (Lipinski definition) is 2. The fourth-order valence-corrected chi connectivity index (χ4v) is 1.89. The molecule has 92 valence electrons. The predicted molar refractivity (Wildman–Crippen MR) is 69.2 cm³/mol. The predicted octanol–water partition coefficient (Wildman–Crippen LogP) is 2.34. The normalized spacial score (nSPS) is 12.1. The van der Waals surface area contributed by atoms with Gasteiger partial charge in [-0.25, -0.2) is 4.79 Å². The summed E-state index contributed by atoms with van der Waals surface area (Å²) in [5.41, 5.74) is 2.81. The molecule has 0 aliphatic heterocycles. The van der Waals surface area contributed by atoms with Crippen LogP contribution in [-0.2, 0) is 11.2 Å². The van der Waals surface area contributed by atoms with Crippen molar-refractivity contribution in [3.8, 4) is 11.1 Å².